The molecular formula is C9H13N3S. The molecule has 13 heavy (non-hydrogen) atoms. The van der Waals surface area contributed by atoms with Crippen molar-refractivity contribution < 1.29 is 0 Å². The van der Waals surface area contributed by atoms with Crippen molar-refractivity contribution >= 4 is 16.7 Å². The van der Waals surface area contributed by atoms with Crippen molar-refractivity contribution in [1.82, 2.24) is 9.36 Å². The number of nitrogens with one attached hydrogen (secondary N) is 1. The van der Waals surface area contributed by atoms with Gasteiger partial charge in [-0.05, 0) is 19.8 Å². The Balaban J connectivity index is 2.10. The first kappa shape index (κ1) is 10.0. The van der Waals surface area contributed by atoms with E-state index in [4.69, 9.17) is 6.42 Å². The molecule has 0 spiro atoms. The first-order valence-electron chi connectivity index (χ1n) is 4.30. The summed E-state index contributed by atoms with van der Waals surface area (Å²) in [6.45, 7) is 2.82. The fraction of sp³-hybridized carbons (Fsp3) is 0.556. The fourth-order valence-corrected chi connectivity index (χ4v) is 1.52. The molecule has 0 aliphatic carbocycles. The highest BCUT2D eigenvalue weighted by Crippen LogP contribution is 2.09. The molecule has 1 N–H and O–H groups in total. The lowest BCUT2D eigenvalue weighted by molar-refractivity contribution is 0.789. The molecule has 3 nitrogen and oxygen atoms in total. The second-order valence-corrected chi connectivity index (χ2v) is 3.49. The molecule has 70 valence electrons. The molecule has 0 unspecified atom stereocenters. The van der Waals surface area contributed by atoms with Crippen molar-refractivity contribution in [2.75, 3.05) is 11.9 Å². The highest BCUT2D eigenvalue weighted by molar-refractivity contribution is 7.09. The first-order valence-corrected chi connectivity index (χ1v) is 5.08. The van der Waals surface area contributed by atoms with Crippen LogP contribution in [0, 0.1) is 19.3 Å². The number of unbranched alkanes of at least 4 members (excludes halogenated alkanes) is 2. The van der Waals surface area contributed by atoms with E-state index >= 15 is 0 Å². The molecule has 0 aromatic carbocycles. The number of aromatic nitrogens is 2. The number of anilines is 1. The molecule has 0 aliphatic rings. The second kappa shape index (κ2) is 5.55. The Bertz CT molecular complexity index is 287. The smallest absolute Gasteiger partial charge is 0.202 e. The van der Waals surface area contributed by atoms with Crippen LogP contribution in [0.15, 0.2) is 0 Å². The average molecular weight is 195 g/mol. The Kier molecular flexibility index (Phi) is 4.27. The number of rotatable bonds is 5. The van der Waals surface area contributed by atoms with E-state index in [9.17, 15) is 0 Å². The predicted octanol–water partition coefficient (Wildman–Crippen LogP) is 2.06. The minimum absolute atomic E-state index is 0.830. The molecule has 1 aromatic heterocycles. The Hall–Kier alpha value is -1.08. The number of terminal acetylenes is 1. The lowest BCUT2D eigenvalue weighted by Gasteiger charge is -1.98. The molecule has 0 fully saturated rings. The standard InChI is InChI=1S/C9H13N3S/c1-3-4-5-6-7-10-9-11-8(2)12-13-9/h1H,4-7H2,2H3,(H,10,11,12). The lowest BCUT2D eigenvalue weighted by Crippen LogP contribution is -2.00. The molecule has 0 aliphatic heterocycles. The van der Waals surface area contributed by atoms with Crippen LogP contribution in [-0.2, 0) is 0 Å². The summed E-state index contributed by atoms with van der Waals surface area (Å²) in [5, 5.41) is 4.10. The van der Waals surface area contributed by atoms with Crippen molar-refractivity contribution in [3.05, 3.63) is 5.82 Å². The molecule has 0 saturated carbocycles. The van der Waals surface area contributed by atoms with E-state index in [1.807, 2.05) is 6.92 Å². The monoisotopic (exact) mass is 195 g/mol. The highest BCUT2D eigenvalue weighted by Gasteiger charge is 1.97. The normalized spacial score (nSPS) is 9.54. The maximum atomic E-state index is 5.13. The van der Waals surface area contributed by atoms with Crippen LogP contribution in [0.2, 0.25) is 0 Å². The average Bonchev–Trinajstić information content (AvgIpc) is 2.51. The van der Waals surface area contributed by atoms with Gasteiger partial charge in [-0.3, -0.25) is 0 Å². The van der Waals surface area contributed by atoms with Crippen LogP contribution < -0.4 is 5.32 Å². The van der Waals surface area contributed by atoms with E-state index in [1.165, 1.54) is 11.5 Å². The van der Waals surface area contributed by atoms with Crippen molar-refractivity contribution in [1.29, 1.82) is 0 Å². The van der Waals surface area contributed by atoms with Gasteiger partial charge in [0.15, 0.2) is 0 Å². The highest BCUT2D eigenvalue weighted by atomic mass is 32.1. The summed E-state index contributed by atoms with van der Waals surface area (Å²) in [5.41, 5.74) is 0. The topological polar surface area (TPSA) is 37.8 Å². The van der Waals surface area contributed by atoms with Gasteiger partial charge in [0.2, 0.25) is 5.13 Å². The summed E-state index contributed by atoms with van der Waals surface area (Å²) in [6.07, 6.45) is 8.15. The molecule has 0 amide bonds. The van der Waals surface area contributed by atoms with Crippen LogP contribution in [0.5, 0.6) is 0 Å². The zero-order valence-electron chi connectivity index (χ0n) is 7.71. The van der Waals surface area contributed by atoms with Gasteiger partial charge in [-0.15, -0.1) is 12.3 Å². The SMILES string of the molecule is C#CCCCCNc1nc(C)ns1. The number of hydrogen-bond acceptors (Lipinski definition) is 4. The van der Waals surface area contributed by atoms with Crippen LogP contribution >= 0.6 is 11.5 Å². The number of hydrogen-bond donors (Lipinski definition) is 1. The van der Waals surface area contributed by atoms with Gasteiger partial charge in [0.25, 0.3) is 0 Å². The summed E-state index contributed by atoms with van der Waals surface area (Å²) in [7, 11) is 0. The quantitative estimate of drug-likeness (QED) is 0.577. The van der Waals surface area contributed by atoms with Crippen molar-refractivity contribution in [2.45, 2.75) is 26.2 Å². The molecule has 0 radical (unpaired) electrons. The van der Waals surface area contributed by atoms with Crippen LogP contribution in [0.4, 0.5) is 5.13 Å². The van der Waals surface area contributed by atoms with Gasteiger partial charge in [0.1, 0.15) is 5.82 Å². The lowest BCUT2D eigenvalue weighted by atomic mass is 10.2. The number of nitrogens with zero attached hydrogens (tertiary/aromatic N) is 2. The Morgan fingerprint density at radius 2 is 2.38 bits per heavy atom. The van der Waals surface area contributed by atoms with Crippen molar-refractivity contribution in [2.24, 2.45) is 0 Å². The van der Waals surface area contributed by atoms with Gasteiger partial charge >= 0.3 is 0 Å². The zero-order valence-corrected chi connectivity index (χ0v) is 8.52. The summed E-state index contributed by atoms with van der Waals surface area (Å²) >= 11 is 1.40. The van der Waals surface area contributed by atoms with Crippen LogP contribution in [0.1, 0.15) is 25.1 Å². The van der Waals surface area contributed by atoms with E-state index in [0.717, 1.165) is 36.8 Å². The molecular weight excluding hydrogens is 182 g/mol. The van der Waals surface area contributed by atoms with Crippen molar-refractivity contribution in [3.63, 3.8) is 0 Å². The minimum Gasteiger partial charge on any atom is -0.360 e. The molecule has 1 aromatic rings. The Labute approximate surface area is 82.8 Å². The fourth-order valence-electron chi connectivity index (χ4n) is 0.916. The molecule has 0 bridgehead atoms. The van der Waals surface area contributed by atoms with Gasteiger partial charge in [-0.25, -0.2) is 4.98 Å². The Morgan fingerprint density at radius 3 is 3.00 bits per heavy atom. The molecule has 1 heterocycles. The third-order valence-corrected chi connectivity index (χ3v) is 2.32. The van der Waals surface area contributed by atoms with Crippen LogP contribution in [0.3, 0.4) is 0 Å². The van der Waals surface area contributed by atoms with Gasteiger partial charge in [0, 0.05) is 24.5 Å². The summed E-state index contributed by atoms with van der Waals surface area (Å²) in [5.74, 6) is 3.45. The van der Waals surface area contributed by atoms with Gasteiger partial charge in [-0.1, -0.05) is 0 Å². The third-order valence-electron chi connectivity index (χ3n) is 1.55. The maximum absolute atomic E-state index is 5.13. The zero-order chi connectivity index (χ0) is 9.52. The summed E-state index contributed by atoms with van der Waals surface area (Å²) in [6, 6.07) is 0. The molecule has 1 rings (SSSR count). The van der Waals surface area contributed by atoms with Crippen LogP contribution in [-0.4, -0.2) is 15.9 Å². The third kappa shape index (κ3) is 3.90. The van der Waals surface area contributed by atoms with E-state index in [0.29, 0.717) is 0 Å². The van der Waals surface area contributed by atoms with Crippen molar-refractivity contribution in [3.8, 4) is 12.3 Å². The predicted molar refractivity (Wildman–Crippen MR) is 55.8 cm³/mol. The number of aryl methyl sites for hydroxylation is 1. The van der Waals surface area contributed by atoms with E-state index in [1.54, 1.807) is 0 Å². The van der Waals surface area contributed by atoms with Gasteiger partial charge in [-0.2, -0.15) is 4.37 Å². The van der Waals surface area contributed by atoms with E-state index in [-0.39, 0.29) is 0 Å². The molecule has 0 atom stereocenters. The van der Waals surface area contributed by atoms with E-state index < -0.39 is 0 Å². The largest absolute Gasteiger partial charge is 0.360 e. The van der Waals surface area contributed by atoms with E-state index in [2.05, 4.69) is 20.6 Å². The second-order valence-electron chi connectivity index (χ2n) is 2.73. The maximum Gasteiger partial charge on any atom is 0.202 e. The molecule has 0 saturated heterocycles. The summed E-state index contributed by atoms with van der Waals surface area (Å²) < 4.78 is 4.07. The first-order chi connectivity index (χ1) is 6.33. The summed E-state index contributed by atoms with van der Waals surface area (Å²) in [4.78, 5) is 4.18. The van der Waals surface area contributed by atoms with Gasteiger partial charge in [0.05, 0.1) is 0 Å². The minimum atomic E-state index is 0.830. The Morgan fingerprint density at radius 1 is 1.54 bits per heavy atom. The van der Waals surface area contributed by atoms with Crippen LogP contribution in [0.25, 0.3) is 0 Å². The van der Waals surface area contributed by atoms with Gasteiger partial charge < -0.3 is 5.32 Å². The molecule has 4 heteroatoms.